The molecule has 13 heavy (non-hydrogen) atoms. The van der Waals surface area contributed by atoms with Gasteiger partial charge in [-0.25, -0.2) is 0 Å². The van der Waals surface area contributed by atoms with Crippen molar-refractivity contribution in [3.8, 4) is 0 Å². The Balaban J connectivity index is 2.33. The van der Waals surface area contributed by atoms with Crippen molar-refractivity contribution in [3.05, 3.63) is 0 Å². The Morgan fingerprint density at radius 3 is 2.15 bits per heavy atom. The highest BCUT2D eigenvalue weighted by Crippen LogP contribution is 2.36. The van der Waals surface area contributed by atoms with E-state index in [-0.39, 0.29) is 29.5 Å². The first kappa shape index (κ1) is 10.2. The van der Waals surface area contributed by atoms with Gasteiger partial charge in [0.1, 0.15) is 5.78 Å². The second kappa shape index (κ2) is 3.90. The van der Waals surface area contributed by atoms with E-state index in [1.165, 1.54) is 7.11 Å². The maximum Gasteiger partial charge on any atom is 0.308 e. The molecule has 0 amide bonds. The number of ketones is 1. The van der Waals surface area contributed by atoms with Gasteiger partial charge in [0.05, 0.1) is 13.0 Å². The van der Waals surface area contributed by atoms with E-state index in [1.807, 2.05) is 13.8 Å². The number of esters is 1. The first-order chi connectivity index (χ1) is 6.06. The summed E-state index contributed by atoms with van der Waals surface area (Å²) in [6, 6.07) is 0. The highest BCUT2D eigenvalue weighted by atomic mass is 16.5. The Bertz CT molecular complexity index is 214. The predicted octanol–water partition coefficient (Wildman–Crippen LogP) is 1.41. The number of methoxy groups -OCH3 is 1. The summed E-state index contributed by atoms with van der Waals surface area (Å²) in [6.07, 6.45) is 1.37. The van der Waals surface area contributed by atoms with E-state index >= 15 is 0 Å². The molecule has 3 heteroatoms. The van der Waals surface area contributed by atoms with Gasteiger partial charge in [-0.3, -0.25) is 9.59 Å². The molecule has 0 N–H and O–H groups in total. The number of ether oxygens (including phenoxy) is 1. The highest BCUT2D eigenvalue weighted by Gasteiger charge is 2.39. The van der Waals surface area contributed by atoms with Crippen LogP contribution in [0.2, 0.25) is 0 Å². The van der Waals surface area contributed by atoms with E-state index in [0.29, 0.717) is 12.8 Å². The third kappa shape index (κ3) is 2.08. The Morgan fingerprint density at radius 2 is 1.77 bits per heavy atom. The van der Waals surface area contributed by atoms with Crippen LogP contribution in [0.5, 0.6) is 0 Å². The summed E-state index contributed by atoms with van der Waals surface area (Å²) in [5.74, 6) is 0.262. The fourth-order valence-electron chi connectivity index (χ4n) is 1.68. The SMILES string of the molecule is COC(=O)C1CC(C(=O)C(C)C)C1. The predicted molar refractivity (Wildman–Crippen MR) is 48.1 cm³/mol. The second-order valence-electron chi connectivity index (χ2n) is 3.95. The molecule has 74 valence electrons. The van der Waals surface area contributed by atoms with E-state index < -0.39 is 0 Å². The molecular formula is C10H16O3. The molecule has 0 bridgehead atoms. The lowest BCUT2D eigenvalue weighted by molar-refractivity contribution is -0.152. The van der Waals surface area contributed by atoms with Gasteiger partial charge in [-0.2, -0.15) is 0 Å². The minimum atomic E-state index is -0.173. The number of carbonyl (C=O) groups is 2. The molecule has 0 saturated heterocycles. The molecule has 0 radical (unpaired) electrons. The minimum absolute atomic E-state index is 0.0299. The van der Waals surface area contributed by atoms with Crippen LogP contribution in [0.4, 0.5) is 0 Å². The summed E-state index contributed by atoms with van der Waals surface area (Å²) in [5, 5.41) is 0. The van der Waals surface area contributed by atoms with Gasteiger partial charge >= 0.3 is 5.97 Å². The van der Waals surface area contributed by atoms with Crippen molar-refractivity contribution in [1.29, 1.82) is 0 Å². The number of carbonyl (C=O) groups excluding carboxylic acids is 2. The molecule has 3 nitrogen and oxygen atoms in total. The van der Waals surface area contributed by atoms with Crippen LogP contribution in [-0.2, 0) is 14.3 Å². The molecule has 0 aliphatic heterocycles. The van der Waals surface area contributed by atoms with Gasteiger partial charge in [0.15, 0.2) is 0 Å². The van der Waals surface area contributed by atoms with Crippen LogP contribution in [0.15, 0.2) is 0 Å². The van der Waals surface area contributed by atoms with Crippen molar-refractivity contribution in [2.45, 2.75) is 26.7 Å². The van der Waals surface area contributed by atoms with Crippen LogP contribution in [0.25, 0.3) is 0 Å². The fourth-order valence-corrected chi connectivity index (χ4v) is 1.68. The maximum atomic E-state index is 11.4. The molecule has 0 unspecified atom stereocenters. The van der Waals surface area contributed by atoms with Crippen molar-refractivity contribution < 1.29 is 14.3 Å². The topological polar surface area (TPSA) is 43.4 Å². The van der Waals surface area contributed by atoms with E-state index in [2.05, 4.69) is 4.74 Å². The number of hydrogen-bond acceptors (Lipinski definition) is 3. The smallest absolute Gasteiger partial charge is 0.308 e. The standard InChI is InChI=1S/C10H16O3/c1-6(2)9(11)7-4-8(5-7)10(12)13-3/h6-8H,4-5H2,1-3H3. The first-order valence-electron chi connectivity index (χ1n) is 4.67. The average Bonchev–Trinajstić information content (AvgIpc) is 2.00. The van der Waals surface area contributed by atoms with Gasteiger partial charge in [0, 0.05) is 11.8 Å². The molecule has 1 fully saturated rings. The van der Waals surface area contributed by atoms with Gasteiger partial charge < -0.3 is 4.74 Å². The molecular weight excluding hydrogens is 168 g/mol. The molecule has 1 saturated carbocycles. The lowest BCUT2D eigenvalue weighted by atomic mass is 9.71. The molecule has 0 atom stereocenters. The molecule has 1 aliphatic rings. The Kier molecular flexibility index (Phi) is 3.07. The van der Waals surface area contributed by atoms with Crippen molar-refractivity contribution in [3.63, 3.8) is 0 Å². The van der Waals surface area contributed by atoms with Crippen LogP contribution in [0, 0.1) is 17.8 Å². The molecule has 1 rings (SSSR count). The average molecular weight is 184 g/mol. The zero-order valence-corrected chi connectivity index (χ0v) is 8.37. The van der Waals surface area contributed by atoms with Gasteiger partial charge in [-0.1, -0.05) is 13.8 Å². The third-order valence-electron chi connectivity index (χ3n) is 2.64. The summed E-state index contributed by atoms with van der Waals surface area (Å²) < 4.78 is 4.59. The maximum absolute atomic E-state index is 11.4. The van der Waals surface area contributed by atoms with Crippen molar-refractivity contribution in [1.82, 2.24) is 0 Å². The normalized spacial score (nSPS) is 26.8. The molecule has 0 aromatic carbocycles. The monoisotopic (exact) mass is 184 g/mol. The van der Waals surface area contributed by atoms with Crippen LogP contribution in [0.1, 0.15) is 26.7 Å². The lowest BCUT2D eigenvalue weighted by Crippen LogP contribution is -2.37. The number of Topliss-reactive ketones (excluding diaryl/α,β-unsaturated/α-hetero) is 1. The van der Waals surface area contributed by atoms with Crippen molar-refractivity contribution >= 4 is 11.8 Å². The van der Waals surface area contributed by atoms with Gasteiger partial charge in [-0.15, -0.1) is 0 Å². The van der Waals surface area contributed by atoms with Gasteiger partial charge in [0.25, 0.3) is 0 Å². The summed E-state index contributed by atoms with van der Waals surface area (Å²) in [7, 11) is 1.39. The molecule has 1 aliphatic carbocycles. The largest absolute Gasteiger partial charge is 0.469 e. The van der Waals surface area contributed by atoms with E-state index in [4.69, 9.17) is 0 Å². The zero-order chi connectivity index (χ0) is 10.0. The summed E-state index contributed by atoms with van der Waals surface area (Å²) >= 11 is 0. The summed E-state index contributed by atoms with van der Waals surface area (Å²) in [6.45, 7) is 3.79. The van der Waals surface area contributed by atoms with Crippen LogP contribution in [0.3, 0.4) is 0 Å². The first-order valence-corrected chi connectivity index (χ1v) is 4.67. The third-order valence-corrected chi connectivity index (χ3v) is 2.64. The molecule has 0 aromatic rings. The Morgan fingerprint density at radius 1 is 1.23 bits per heavy atom. The highest BCUT2D eigenvalue weighted by molar-refractivity contribution is 5.86. The Labute approximate surface area is 78.5 Å². The quantitative estimate of drug-likeness (QED) is 0.623. The van der Waals surface area contributed by atoms with Crippen molar-refractivity contribution in [2.75, 3.05) is 7.11 Å². The van der Waals surface area contributed by atoms with E-state index in [0.717, 1.165) is 0 Å². The van der Waals surface area contributed by atoms with Crippen molar-refractivity contribution in [2.24, 2.45) is 17.8 Å². The molecule has 0 aromatic heterocycles. The van der Waals surface area contributed by atoms with Crippen LogP contribution < -0.4 is 0 Å². The number of hydrogen-bond donors (Lipinski definition) is 0. The van der Waals surface area contributed by atoms with E-state index in [1.54, 1.807) is 0 Å². The molecule has 0 heterocycles. The lowest BCUT2D eigenvalue weighted by Gasteiger charge is -2.32. The van der Waals surface area contributed by atoms with E-state index in [9.17, 15) is 9.59 Å². The summed E-state index contributed by atoms with van der Waals surface area (Å²) in [5.41, 5.74) is 0. The number of rotatable bonds is 3. The zero-order valence-electron chi connectivity index (χ0n) is 8.37. The molecule has 0 spiro atoms. The van der Waals surface area contributed by atoms with Gasteiger partial charge in [-0.05, 0) is 12.8 Å². The minimum Gasteiger partial charge on any atom is -0.469 e. The fraction of sp³-hybridized carbons (Fsp3) is 0.800. The van der Waals surface area contributed by atoms with Gasteiger partial charge in [0.2, 0.25) is 0 Å². The van der Waals surface area contributed by atoms with Crippen LogP contribution >= 0.6 is 0 Å². The second-order valence-corrected chi connectivity index (χ2v) is 3.95. The van der Waals surface area contributed by atoms with Crippen LogP contribution in [-0.4, -0.2) is 18.9 Å². The summed E-state index contributed by atoms with van der Waals surface area (Å²) in [4.78, 5) is 22.4. The Hall–Kier alpha value is -0.860.